The number of carbonyl (C=O) groups is 3. The van der Waals surface area contributed by atoms with Crippen LogP contribution in [-0.4, -0.2) is 68.2 Å². The summed E-state index contributed by atoms with van der Waals surface area (Å²) in [6.07, 6.45) is 0.186. The summed E-state index contributed by atoms with van der Waals surface area (Å²) in [7, 11) is 2.07. The Morgan fingerprint density at radius 1 is 0.978 bits per heavy atom. The molecule has 1 fully saturated rings. The zero-order chi connectivity index (χ0) is 33.6. The molecule has 1 heterocycles. The molecule has 0 saturated carbocycles. The highest BCUT2D eigenvalue weighted by Crippen LogP contribution is 2.34. The standard InChI is InChI=1S/C34H42ClFN6O4/c1-21-30(35)25(20-26(37)31(21)36)32(44)40-27-19-23(10-13-28(27)42-17-15-41(5)16-18-42)22-8-11-24(12-9-22)39-29(43)7-6-14-38-33(45)46-34(2,3)4/h8-13,19-20H,6-7,14-18,37H2,1-5H3,(H,38,45)(H,39,43)(H,40,44). The largest absolute Gasteiger partial charge is 0.444 e. The van der Waals surface area contributed by atoms with Crippen LogP contribution in [0.15, 0.2) is 48.5 Å². The minimum Gasteiger partial charge on any atom is -0.444 e. The predicted molar refractivity (Wildman–Crippen MR) is 182 cm³/mol. The van der Waals surface area contributed by atoms with E-state index in [-0.39, 0.29) is 34.2 Å². The van der Waals surface area contributed by atoms with Gasteiger partial charge in [0.2, 0.25) is 5.91 Å². The van der Waals surface area contributed by atoms with Crippen molar-refractivity contribution in [1.29, 1.82) is 0 Å². The number of halogens is 2. The number of piperazine rings is 1. The number of ether oxygens (including phenoxy) is 1. The summed E-state index contributed by atoms with van der Waals surface area (Å²) < 4.78 is 19.5. The number of rotatable bonds is 9. The third-order valence-electron chi connectivity index (χ3n) is 7.53. The Hall–Kier alpha value is -4.35. The van der Waals surface area contributed by atoms with E-state index in [0.717, 1.165) is 43.0 Å². The molecule has 0 atom stereocenters. The highest BCUT2D eigenvalue weighted by Gasteiger charge is 2.22. The van der Waals surface area contributed by atoms with Crippen molar-refractivity contribution in [1.82, 2.24) is 10.2 Å². The summed E-state index contributed by atoms with van der Waals surface area (Å²) >= 11 is 6.36. The van der Waals surface area contributed by atoms with Gasteiger partial charge in [-0.15, -0.1) is 0 Å². The topological polar surface area (TPSA) is 129 Å². The van der Waals surface area contributed by atoms with Crippen molar-refractivity contribution in [3.05, 3.63) is 70.5 Å². The van der Waals surface area contributed by atoms with Crippen LogP contribution in [-0.2, 0) is 9.53 Å². The van der Waals surface area contributed by atoms with Crippen molar-refractivity contribution in [2.45, 2.75) is 46.1 Å². The second-order valence-electron chi connectivity index (χ2n) is 12.4. The van der Waals surface area contributed by atoms with Crippen molar-refractivity contribution in [2.75, 3.05) is 61.0 Å². The minimum atomic E-state index is -0.642. The predicted octanol–water partition coefficient (Wildman–Crippen LogP) is 6.28. The van der Waals surface area contributed by atoms with Gasteiger partial charge in [0.1, 0.15) is 5.60 Å². The van der Waals surface area contributed by atoms with E-state index in [1.807, 2.05) is 42.5 Å². The van der Waals surface area contributed by atoms with Gasteiger partial charge in [0.15, 0.2) is 5.82 Å². The van der Waals surface area contributed by atoms with Gasteiger partial charge < -0.3 is 36.2 Å². The maximum absolute atomic E-state index is 14.3. The fourth-order valence-electron chi connectivity index (χ4n) is 5.01. The molecule has 5 N–H and O–H groups in total. The molecule has 4 rings (SSSR count). The monoisotopic (exact) mass is 652 g/mol. The summed E-state index contributed by atoms with van der Waals surface area (Å²) in [5, 5.41) is 8.53. The molecule has 10 nitrogen and oxygen atoms in total. The van der Waals surface area contributed by atoms with Crippen LogP contribution in [0.25, 0.3) is 11.1 Å². The Balaban J connectivity index is 1.47. The molecule has 0 aromatic heterocycles. The molecule has 0 unspecified atom stereocenters. The average Bonchev–Trinajstić information content (AvgIpc) is 3.00. The number of nitrogens with zero attached hydrogens (tertiary/aromatic N) is 2. The first-order valence-corrected chi connectivity index (χ1v) is 15.6. The second-order valence-corrected chi connectivity index (χ2v) is 12.8. The number of hydrogen-bond acceptors (Lipinski definition) is 7. The van der Waals surface area contributed by atoms with Crippen molar-refractivity contribution in [3.63, 3.8) is 0 Å². The SMILES string of the molecule is Cc1c(F)c(N)cc(C(=O)Nc2cc(-c3ccc(NC(=O)CCCNC(=O)OC(C)(C)C)cc3)ccc2N2CCN(C)CC2)c1Cl. The van der Waals surface area contributed by atoms with Crippen molar-refractivity contribution < 1.29 is 23.5 Å². The first-order chi connectivity index (χ1) is 21.7. The Labute approximate surface area is 274 Å². The molecule has 1 saturated heterocycles. The summed E-state index contributed by atoms with van der Waals surface area (Å²) in [4.78, 5) is 42.1. The molecule has 0 bridgehead atoms. The molecule has 0 aliphatic carbocycles. The number of nitrogens with one attached hydrogen (secondary N) is 3. The maximum Gasteiger partial charge on any atom is 0.407 e. The molecule has 0 spiro atoms. The van der Waals surface area contributed by atoms with Crippen LogP contribution in [0.5, 0.6) is 0 Å². The summed E-state index contributed by atoms with van der Waals surface area (Å²) in [5.74, 6) is -1.31. The summed E-state index contributed by atoms with van der Waals surface area (Å²) in [5.41, 5.74) is 9.09. The Bertz CT molecular complexity index is 1580. The molecule has 0 radical (unpaired) electrons. The first-order valence-electron chi connectivity index (χ1n) is 15.2. The zero-order valence-corrected chi connectivity index (χ0v) is 27.7. The Morgan fingerprint density at radius 3 is 2.28 bits per heavy atom. The van der Waals surface area contributed by atoms with Crippen LogP contribution in [0.1, 0.15) is 49.5 Å². The molecule has 3 amide bonds. The van der Waals surface area contributed by atoms with Gasteiger partial charge in [-0.25, -0.2) is 9.18 Å². The van der Waals surface area contributed by atoms with Gasteiger partial charge in [-0.3, -0.25) is 9.59 Å². The number of nitrogen functional groups attached to an aromatic ring is 1. The molecule has 1 aliphatic rings. The van der Waals surface area contributed by atoms with E-state index in [2.05, 4.69) is 32.8 Å². The summed E-state index contributed by atoms with van der Waals surface area (Å²) in [6.45, 7) is 10.5. The first kappa shape index (κ1) is 34.5. The molecule has 246 valence electrons. The van der Waals surface area contributed by atoms with Gasteiger partial charge >= 0.3 is 6.09 Å². The van der Waals surface area contributed by atoms with Crippen LogP contribution < -0.4 is 26.6 Å². The Kier molecular flexibility index (Phi) is 11.1. The van der Waals surface area contributed by atoms with E-state index in [0.29, 0.717) is 24.3 Å². The molecule has 12 heteroatoms. The number of nitrogens with two attached hydrogens (primary N) is 1. The van der Waals surface area contributed by atoms with Gasteiger partial charge in [-0.05, 0) is 82.6 Å². The molecular weight excluding hydrogens is 611 g/mol. The Morgan fingerprint density at radius 2 is 1.63 bits per heavy atom. The van der Waals surface area contributed by atoms with Gasteiger partial charge in [0, 0.05) is 50.4 Å². The van der Waals surface area contributed by atoms with Crippen LogP contribution in [0.2, 0.25) is 5.02 Å². The number of likely N-dealkylation sites (N-methyl/N-ethyl adjacent to an activating group) is 1. The van der Waals surface area contributed by atoms with Gasteiger partial charge in [-0.2, -0.15) is 0 Å². The molecule has 46 heavy (non-hydrogen) atoms. The van der Waals surface area contributed by atoms with E-state index >= 15 is 0 Å². The minimum absolute atomic E-state index is 0.0124. The van der Waals surface area contributed by atoms with Crippen molar-refractivity contribution in [3.8, 4) is 11.1 Å². The summed E-state index contributed by atoms with van der Waals surface area (Å²) in [6, 6.07) is 14.5. The van der Waals surface area contributed by atoms with Crippen LogP contribution in [0.4, 0.5) is 31.9 Å². The van der Waals surface area contributed by atoms with Crippen LogP contribution in [0.3, 0.4) is 0 Å². The lowest BCUT2D eigenvalue weighted by molar-refractivity contribution is -0.116. The maximum atomic E-state index is 14.3. The number of hydrogen-bond donors (Lipinski definition) is 4. The third-order valence-corrected chi connectivity index (χ3v) is 8.02. The van der Waals surface area contributed by atoms with Crippen LogP contribution in [0, 0.1) is 12.7 Å². The molecule has 1 aliphatic heterocycles. The fraction of sp³-hybridized carbons (Fsp3) is 0.382. The van der Waals surface area contributed by atoms with Gasteiger partial charge in [-0.1, -0.05) is 29.8 Å². The number of anilines is 4. The normalized spacial score (nSPS) is 13.7. The van der Waals surface area contributed by atoms with E-state index < -0.39 is 23.4 Å². The van der Waals surface area contributed by atoms with Gasteiger partial charge in [0.05, 0.1) is 27.6 Å². The molecule has 3 aromatic carbocycles. The smallest absolute Gasteiger partial charge is 0.407 e. The number of amides is 3. The highest BCUT2D eigenvalue weighted by molar-refractivity contribution is 6.35. The lowest BCUT2D eigenvalue weighted by Crippen LogP contribution is -2.44. The number of carbonyl (C=O) groups excluding carboxylic acids is 3. The van der Waals surface area contributed by atoms with Crippen LogP contribution >= 0.6 is 11.6 Å². The lowest BCUT2D eigenvalue weighted by Gasteiger charge is -2.35. The lowest BCUT2D eigenvalue weighted by atomic mass is 10.0. The quantitative estimate of drug-likeness (QED) is 0.158. The highest BCUT2D eigenvalue weighted by atomic mass is 35.5. The van der Waals surface area contributed by atoms with E-state index in [4.69, 9.17) is 22.1 Å². The fourth-order valence-corrected chi connectivity index (χ4v) is 5.24. The number of alkyl carbamates (subject to hydrolysis) is 1. The zero-order valence-electron chi connectivity index (χ0n) is 26.9. The van der Waals surface area contributed by atoms with E-state index in [9.17, 15) is 18.8 Å². The number of benzene rings is 3. The second kappa shape index (κ2) is 14.8. The van der Waals surface area contributed by atoms with Crippen molar-refractivity contribution >= 4 is 52.3 Å². The van der Waals surface area contributed by atoms with E-state index in [1.54, 1.807) is 20.8 Å². The van der Waals surface area contributed by atoms with Crippen molar-refractivity contribution in [2.24, 2.45) is 0 Å². The molecular formula is C34H42ClFN6O4. The third kappa shape index (κ3) is 9.11. The average molecular weight is 653 g/mol. The van der Waals surface area contributed by atoms with Gasteiger partial charge in [0.25, 0.3) is 5.91 Å². The molecule has 3 aromatic rings. The van der Waals surface area contributed by atoms with E-state index in [1.165, 1.54) is 13.0 Å².